The number of anilines is 2. The summed E-state index contributed by atoms with van der Waals surface area (Å²) in [6.07, 6.45) is 2.97. The van der Waals surface area contributed by atoms with Crippen LogP contribution < -0.4 is 15.8 Å². The van der Waals surface area contributed by atoms with Crippen molar-refractivity contribution in [3.8, 4) is 5.75 Å². The highest BCUT2D eigenvalue weighted by atomic mass is 32.1. The van der Waals surface area contributed by atoms with Gasteiger partial charge in [-0.2, -0.15) is 0 Å². The van der Waals surface area contributed by atoms with Crippen LogP contribution in [0.15, 0.2) is 30.6 Å². The lowest BCUT2D eigenvalue weighted by molar-refractivity contribution is 0.386. The number of hydrogen-bond donors (Lipinski definition) is 2. The lowest BCUT2D eigenvalue weighted by Crippen LogP contribution is -2.14. The fraction of sp³-hybridized carbons (Fsp3) is 0.0833. The third-order valence-corrected chi connectivity index (χ3v) is 2.54. The number of aromatic nitrogens is 2. The first-order valence-corrected chi connectivity index (χ1v) is 5.74. The van der Waals surface area contributed by atoms with Gasteiger partial charge in [0.15, 0.2) is 17.4 Å². The van der Waals surface area contributed by atoms with Gasteiger partial charge in [0.2, 0.25) is 0 Å². The molecule has 0 radical (unpaired) electrons. The van der Waals surface area contributed by atoms with Crippen LogP contribution >= 0.6 is 12.2 Å². The molecule has 0 fully saturated rings. The molecular weight excluding hydrogens is 267 g/mol. The number of benzene rings is 1. The number of rotatable bonds is 4. The summed E-state index contributed by atoms with van der Waals surface area (Å²) in [5, 5.41) is 2.91. The van der Waals surface area contributed by atoms with Gasteiger partial charge >= 0.3 is 0 Å². The van der Waals surface area contributed by atoms with E-state index in [1.807, 2.05) is 0 Å². The maximum Gasteiger partial charge on any atom is 0.167 e. The molecule has 0 saturated heterocycles. The van der Waals surface area contributed by atoms with Crippen molar-refractivity contribution in [1.82, 2.24) is 9.97 Å². The summed E-state index contributed by atoms with van der Waals surface area (Å²) in [6, 6.07) is 4.45. The molecule has 2 rings (SSSR count). The third kappa shape index (κ3) is 2.94. The van der Waals surface area contributed by atoms with Gasteiger partial charge in [0.1, 0.15) is 10.7 Å². The van der Waals surface area contributed by atoms with E-state index in [0.717, 1.165) is 0 Å². The fourth-order valence-corrected chi connectivity index (χ4v) is 1.64. The van der Waals surface area contributed by atoms with Crippen LogP contribution in [0, 0.1) is 5.82 Å². The molecule has 19 heavy (non-hydrogen) atoms. The molecule has 3 N–H and O–H groups in total. The van der Waals surface area contributed by atoms with E-state index < -0.39 is 5.82 Å². The van der Waals surface area contributed by atoms with E-state index >= 15 is 0 Å². The molecule has 1 aromatic heterocycles. The predicted molar refractivity (Wildman–Crippen MR) is 74.2 cm³/mol. The van der Waals surface area contributed by atoms with Crippen molar-refractivity contribution in [2.75, 3.05) is 12.4 Å². The molecule has 0 spiro atoms. The molecule has 0 aliphatic rings. The first-order chi connectivity index (χ1) is 9.11. The maximum atomic E-state index is 13.6. The number of nitrogens with one attached hydrogen (secondary N) is 1. The second kappa shape index (κ2) is 5.57. The topological polar surface area (TPSA) is 73.1 Å². The Bertz CT molecular complexity index is 620. The van der Waals surface area contributed by atoms with Crippen LogP contribution in [-0.4, -0.2) is 22.1 Å². The largest absolute Gasteiger partial charge is 0.494 e. The predicted octanol–water partition coefficient (Wildman–Crippen LogP) is 2.00. The summed E-state index contributed by atoms with van der Waals surface area (Å²) in [4.78, 5) is 8.21. The molecule has 1 heterocycles. The zero-order chi connectivity index (χ0) is 13.8. The molecule has 2 aromatic rings. The Morgan fingerprint density at radius 1 is 1.37 bits per heavy atom. The third-order valence-electron chi connectivity index (χ3n) is 2.35. The van der Waals surface area contributed by atoms with Gasteiger partial charge in [-0.15, -0.1) is 0 Å². The van der Waals surface area contributed by atoms with E-state index in [1.54, 1.807) is 6.07 Å². The molecule has 0 bridgehead atoms. The number of methoxy groups -OCH3 is 1. The van der Waals surface area contributed by atoms with E-state index in [4.69, 9.17) is 22.7 Å². The first kappa shape index (κ1) is 13.2. The van der Waals surface area contributed by atoms with Crippen LogP contribution in [0.4, 0.5) is 15.9 Å². The molecule has 0 aliphatic heterocycles. The quantitative estimate of drug-likeness (QED) is 0.833. The lowest BCUT2D eigenvalue weighted by Gasteiger charge is -2.10. The monoisotopic (exact) mass is 278 g/mol. The van der Waals surface area contributed by atoms with Crippen molar-refractivity contribution >= 4 is 28.7 Å². The Hall–Kier alpha value is -2.28. The second-order valence-electron chi connectivity index (χ2n) is 3.59. The lowest BCUT2D eigenvalue weighted by atomic mass is 10.2. The molecule has 7 heteroatoms. The minimum atomic E-state index is -0.478. The highest BCUT2D eigenvalue weighted by Gasteiger charge is 2.09. The minimum Gasteiger partial charge on any atom is -0.494 e. The molecule has 0 aliphatic carbocycles. The van der Waals surface area contributed by atoms with Crippen molar-refractivity contribution in [2.24, 2.45) is 5.73 Å². The van der Waals surface area contributed by atoms with Crippen molar-refractivity contribution in [1.29, 1.82) is 0 Å². The van der Waals surface area contributed by atoms with Gasteiger partial charge in [-0.25, -0.2) is 14.4 Å². The molecule has 0 unspecified atom stereocenters. The van der Waals surface area contributed by atoms with Crippen LogP contribution in [0.5, 0.6) is 5.75 Å². The van der Waals surface area contributed by atoms with Crippen LogP contribution in [0.3, 0.4) is 0 Å². The van der Waals surface area contributed by atoms with Crippen molar-refractivity contribution < 1.29 is 9.13 Å². The first-order valence-electron chi connectivity index (χ1n) is 5.33. The molecular formula is C12H11FN4OS. The summed E-state index contributed by atoms with van der Waals surface area (Å²) < 4.78 is 18.4. The summed E-state index contributed by atoms with van der Waals surface area (Å²) in [7, 11) is 1.40. The van der Waals surface area contributed by atoms with Gasteiger partial charge in [-0.3, -0.25) is 0 Å². The highest BCUT2D eigenvalue weighted by Crippen LogP contribution is 2.23. The second-order valence-corrected chi connectivity index (χ2v) is 4.03. The molecule has 0 amide bonds. The van der Waals surface area contributed by atoms with E-state index in [0.29, 0.717) is 17.2 Å². The normalized spacial score (nSPS) is 10.0. The molecule has 98 valence electrons. The van der Waals surface area contributed by atoms with Gasteiger partial charge in [0.25, 0.3) is 0 Å². The Balaban J connectivity index is 2.31. The summed E-state index contributed by atoms with van der Waals surface area (Å²) in [5.41, 5.74) is 6.39. The van der Waals surface area contributed by atoms with Crippen molar-refractivity contribution in [2.45, 2.75) is 0 Å². The minimum absolute atomic E-state index is 0.115. The van der Waals surface area contributed by atoms with Gasteiger partial charge in [0, 0.05) is 24.1 Å². The summed E-state index contributed by atoms with van der Waals surface area (Å²) in [5.74, 6) is 0.0621. The number of halogens is 1. The van der Waals surface area contributed by atoms with E-state index in [9.17, 15) is 4.39 Å². The Morgan fingerprint density at radius 3 is 2.74 bits per heavy atom. The summed E-state index contributed by atoms with van der Waals surface area (Å²) in [6.45, 7) is 0. The average Bonchev–Trinajstić information content (AvgIpc) is 2.39. The van der Waals surface area contributed by atoms with Crippen LogP contribution in [0.25, 0.3) is 0 Å². The van der Waals surface area contributed by atoms with E-state index in [-0.39, 0.29) is 10.7 Å². The Kier molecular flexibility index (Phi) is 3.86. The number of nitrogens with zero attached hydrogens (tertiary/aromatic N) is 2. The van der Waals surface area contributed by atoms with Crippen LogP contribution in [-0.2, 0) is 0 Å². The van der Waals surface area contributed by atoms with Crippen molar-refractivity contribution in [3.63, 3.8) is 0 Å². The van der Waals surface area contributed by atoms with Gasteiger partial charge < -0.3 is 15.8 Å². The smallest absolute Gasteiger partial charge is 0.167 e. The molecule has 5 nitrogen and oxygen atoms in total. The SMILES string of the molecule is COc1ccc(Nc2nccnc2C(N)=S)cc1F. The van der Waals surface area contributed by atoms with Gasteiger partial charge in [0.05, 0.1) is 7.11 Å². The zero-order valence-electron chi connectivity index (χ0n) is 10.1. The Morgan fingerprint density at radius 2 is 2.11 bits per heavy atom. The van der Waals surface area contributed by atoms with Gasteiger partial charge in [-0.05, 0) is 12.1 Å². The molecule has 0 saturated carbocycles. The standard InChI is InChI=1S/C12H11FN4OS/c1-18-9-3-2-7(6-8(9)13)17-12-10(11(14)19)15-4-5-16-12/h2-6H,1H3,(H2,14,19)(H,16,17). The van der Waals surface area contributed by atoms with Crippen molar-refractivity contribution in [3.05, 3.63) is 42.1 Å². The average molecular weight is 278 g/mol. The highest BCUT2D eigenvalue weighted by molar-refractivity contribution is 7.80. The number of ether oxygens (including phenoxy) is 1. The van der Waals surface area contributed by atoms with Crippen LogP contribution in [0.2, 0.25) is 0 Å². The summed E-state index contributed by atoms with van der Waals surface area (Å²) >= 11 is 4.87. The number of hydrogen-bond acceptors (Lipinski definition) is 5. The Labute approximate surface area is 114 Å². The van der Waals surface area contributed by atoms with E-state index in [2.05, 4.69) is 15.3 Å². The molecule has 1 aromatic carbocycles. The van der Waals surface area contributed by atoms with E-state index in [1.165, 1.54) is 31.6 Å². The number of nitrogens with two attached hydrogens (primary N) is 1. The zero-order valence-corrected chi connectivity index (χ0v) is 10.9. The van der Waals surface area contributed by atoms with Crippen LogP contribution in [0.1, 0.15) is 5.69 Å². The molecule has 0 atom stereocenters. The fourth-order valence-electron chi connectivity index (χ4n) is 1.49. The number of thiocarbonyl (C=S) groups is 1. The maximum absolute atomic E-state index is 13.6. The van der Waals surface area contributed by atoms with Gasteiger partial charge in [-0.1, -0.05) is 12.2 Å².